The Hall–Kier alpha value is -0.150. The van der Waals surface area contributed by atoms with E-state index in [-0.39, 0.29) is 0 Å². The van der Waals surface area contributed by atoms with E-state index in [0.29, 0.717) is 4.99 Å². The standard InChI is InChI=1S/C8H18N2S/c1-3-6-10(4-2)7-5-8(9)11/h3-7H2,1-2H3,(H2,9,11). The van der Waals surface area contributed by atoms with E-state index < -0.39 is 0 Å². The third kappa shape index (κ3) is 6.26. The van der Waals surface area contributed by atoms with Gasteiger partial charge < -0.3 is 10.6 Å². The van der Waals surface area contributed by atoms with Gasteiger partial charge in [0.15, 0.2) is 0 Å². The summed E-state index contributed by atoms with van der Waals surface area (Å²) in [6.45, 7) is 7.61. The molecule has 0 rings (SSSR count). The van der Waals surface area contributed by atoms with Crippen molar-refractivity contribution in [2.75, 3.05) is 19.6 Å². The first-order valence-electron chi connectivity index (χ1n) is 4.21. The van der Waals surface area contributed by atoms with E-state index in [0.717, 1.165) is 26.1 Å². The van der Waals surface area contributed by atoms with Crippen LogP contribution in [0.15, 0.2) is 0 Å². The van der Waals surface area contributed by atoms with Crippen LogP contribution in [-0.2, 0) is 0 Å². The van der Waals surface area contributed by atoms with Gasteiger partial charge in [0.1, 0.15) is 0 Å². The highest BCUT2D eigenvalue weighted by Crippen LogP contribution is 1.93. The van der Waals surface area contributed by atoms with Gasteiger partial charge in [-0.25, -0.2) is 0 Å². The fourth-order valence-electron chi connectivity index (χ4n) is 1.01. The predicted molar refractivity (Wildman–Crippen MR) is 53.8 cm³/mol. The molecule has 11 heavy (non-hydrogen) atoms. The molecule has 0 saturated heterocycles. The van der Waals surface area contributed by atoms with Gasteiger partial charge in [0.2, 0.25) is 0 Å². The lowest BCUT2D eigenvalue weighted by Crippen LogP contribution is -2.28. The molecule has 0 aromatic heterocycles. The van der Waals surface area contributed by atoms with Crippen LogP contribution in [0.5, 0.6) is 0 Å². The zero-order valence-corrected chi connectivity index (χ0v) is 8.28. The Balaban J connectivity index is 3.43. The van der Waals surface area contributed by atoms with Gasteiger partial charge in [0.25, 0.3) is 0 Å². The highest BCUT2D eigenvalue weighted by Gasteiger charge is 1.99. The average Bonchev–Trinajstić information content (AvgIpc) is 1.97. The monoisotopic (exact) mass is 174 g/mol. The molecule has 0 aliphatic carbocycles. The highest BCUT2D eigenvalue weighted by molar-refractivity contribution is 7.80. The fourth-order valence-corrected chi connectivity index (χ4v) is 1.10. The molecule has 0 aromatic rings. The minimum Gasteiger partial charge on any atom is -0.393 e. The smallest absolute Gasteiger partial charge is 0.0740 e. The number of hydrogen-bond acceptors (Lipinski definition) is 2. The molecule has 0 aromatic carbocycles. The molecular weight excluding hydrogens is 156 g/mol. The normalized spacial score (nSPS) is 10.5. The van der Waals surface area contributed by atoms with Gasteiger partial charge in [-0.3, -0.25) is 0 Å². The number of nitrogens with zero attached hydrogens (tertiary/aromatic N) is 1. The maximum Gasteiger partial charge on any atom is 0.0740 e. The van der Waals surface area contributed by atoms with E-state index in [9.17, 15) is 0 Å². The quantitative estimate of drug-likeness (QED) is 0.617. The van der Waals surface area contributed by atoms with E-state index in [4.69, 9.17) is 18.0 Å². The van der Waals surface area contributed by atoms with Crippen LogP contribution in [0, 0.1) is 0 Å². The number of rotatable bonds is 6. The summed E-state index contributed by atoms with van der Waals surface area (Å²) < 4.78 is 0. The van der Waals surface area contributed by atoms with Crippen LogP contribution < -0.4 is 5.73 Å². The number of nitrogens with two attached hydrogens (primary N) is 1. The Kier molecular flexibility index (Phi) is 6.46. The molecule has 0 bridgehead atoms. The van der Waals surface area contributed by atoms with Crippen molar-refractivity contribution in [3.63, 3.8) is 0 Å². The topological polar surface area (TPSA) is 29.3 Å². The summed E-state index contributed by atoms with van der Waals surface area (Å²) in [5, 5.41) is 0. The van der Waals surface area contributed by atoms with Crippen LogP contribution in [0.1, 0.15) is 26.7 Å². The average molecular weight is 174 g/mol. The van der Waals surface area contributed by atoms with Crippen molar-refractivity contribution in [2.45, 2.75) is 26.7 Å². The van der Waals surface area contributed by atoms with E-state index in [1.807, 2.05) is 0 Å². The molecule has 66 valence electrons. The first kappa shape index (κ1) is 10.8. The van der Waals surface area contributed by atoms with Crippen molar-refractivity contribution in [1.29, 1.82) is 0 Å². The van der Waals surface area contributed by atoms with Gasteiger partial charge in [-0.2, -0.15) is 0 Å². The van der Waals surface area contributed by atoms with Crippen LogP contribution in [0.3, 0.4) is 0 Å². The molecule has 0 aliphatic rings. The van der Waals surface area contributed by atoms with E-state index >= 15 is 0 Å². The van der Waals surface area contributed by atoms with Crippen molar-refractivity contribution in [3.8, 4) is 0 Å². The van der Waals surface area contributed by atoms with Gasteiger partial charge >= 0.3 is 0 Å². The molecule has 0 spiro atoms. The molecule has 2 N–H and O–H groups in total. The summed E-state index contributed by atoms with van der Waals surface area (Å²) in [6.07, 6.45) is 2.05. The molecule has 0 heterocycles. The fraction of sp³-hybridized carbons (Fsp3) is 0.875. The lowest BCUT2D eigenvalue weighted by molar-refractivity contribution is 0.297. The number of hydrogen-bond donors (Lipinski definition) is 1. The SMILES string of the molecule is CCCN(CC)CCC(N)=S. The number of thiocarbonyl (C=S) groups is 1. The van der Waals surface area contributed by atoms with Crippen molar-refractivity contribution < 1.29 is 0 Å². The second-order valence-corrected chi connectivity index (χ2v) is 3.17. The second-order valence-electron chi connectivity index (χ2n) is 2.65. The molecule has 3 heteroatoms. The lowest BCUT2D eigenvalue weighted by Gasteiger charge is -2.18. The summed E-state index contributed by atoms with van der Waals surface area (Å²) in [4.78, 5) is 2.98. The largest absolute Gasteiger partial charge is 0.393 e. The first-order valence-corrected chi connectivity index (χ1v) is 4.62. The zero-order chi connectivity index (χ0) is 8.69. The van der Waals surface area contributed by atoms with Crippen LogP contribution in [0.4, 0.5) is 0 Å². The third-order valence-corrected chi connectivity index (χ3v) is 1.87. The molecule has 0 atom stereocenters. The Morgan fingerprint density at radius 3 is 2.36 bits per heavy atom. The van der Waals surface area contributed by atoms with Crippen LogP contribution >= 0.6 is 12.2 Å². The molecule has 0 saturated carbocycles. The molecule has 0 fully saturated rings. The van der Waals surface area contributed by atoms with Gasteiger partial charge in [-0.1, -0.05) is 26.1 Å². The lowest BCUT2D eigenvalue weighted by atomic mass is 10.3. The summed E-state index contributed by atoms with van der Waals surface area (Å²) in [5.41, 5.74) is 5.40. The van der Waals surface area contributed by atoms with Crippen molar-refractivity contribution in [3.05, 3.63) is 0 Å². The minimum absolute atomic E-state index is 0.625. The van der Waals surface area contributed by atoms with Crippen LogP contribution in [0.25, 0.3) is 0 Å². The van der Waals surface area contributed by atoms with Gasteiger partial charge in [-0.05, 0) is 19.5 Å². The first-order chi connectivity index (χ1) is 5.20. The van der Waals surface area contributed by atoms with Crippen molar-refractivity contribution in [1.82, 2.24) is 4.90 Å². The van der Waals surface area contributed by atoms with E-state index in [2.05, 4.69) is 18.7 Å². The van der Waals surface area contributed by atoms with E-state index in [1.54, 1.807) is 0 Å². The molecule has 0 radical (unpaired) electrons. The summed E-state index contributed by atoms with van der Waals surface area (Å²) in [6, 6.07) is 0. The maximum atomic E-state index is 5.40. The molecule has 0 aliphatic heterocycles. The molecule has 0 unspecified atom stereocenters. The van der Waals surface area contributed by atoms with Crippen molar-refractivity contribution >= 4 is 17.2 Å². The Morgan fingerprint density at radius 1 is 1.36 bits per heavy atom. The zero-order valence-electron chi connectivity index (χ0n) is 7.47. The Morgan fingerprint density at radius 2 is 2.00 bits per heavy atom. The Bertz CT molecular complexity index is 115. The van der Waals surface area contributed by atoms with Crippen molar-refractivity contribution in [2.24, 2.45) is 5.73 Å². The van der Waals surface area contributed by atoms with E-state index in [1.165, 1.54) is 6.42 Å². The van der Waals surface area contributed by atoms with Crippen LogP contribution in [-0.4, -0.2) is 29.5 Å². The summed E-state index contributed by atoms with van der Waals surface area (Å²) >= 11 is 4.80. The summed E-state index contributed by atoms with van der Waals surface area (Å²) in [7, 11) is 0. The maximum absolute atomic E-state index is 5.40. The highest BCUT2D eigenvalue weighted by atomic mass is 32.1. The second kappa shape index (κ2) is 6.55. The molecule has 0 amide bonds. The van der Waals surface area contributed by atoms with Gasteiger partial charge in [-0.15, -0.1) is 0 Å². The van der Waals surface area contributed by atoms with Gasteiger partial charge in [0, 0.05) is 13.0 Å². The Labute approximate surface area is 74.8 Å². The summed E-state index contributed by atoms with van der Waals surface area (Å²) in [5.74, 6) is 0. The van der Waals surface area contributed by atoms with Gasteiger partial charge in [0.05, 0.1) is 4.99 Å². The third-order valence-electron chi connectivity index (χ3n) is 1.66. The minimum atomic E-state index is 0.625. The molecule has 2 nitrogen and oxygen atoms in total. The molecular formula is C8H18N2S. The predicted octanol–water partition coefficient (Wildman–Crippen LogP) is 1.39. The van der Waals surface area contributed by atoms with Crippen LogP contribution in [0.2, 0.25) is 0 Å².